The van der Waals surface area contributed by atoms with Gasteiger partial charge in [0.15, 0.2) is 11.6 Å². The predicted octanol–water partition coefficient (Wildman–Crippen LogP) is 5.00. The molecule has 0 aromatic heterocycles. The van der Waals surface area contributed by atoms with Gasteiger partial charge in [-0.2, -0.15) is 0 Å². The van der Waals surface area contributed by atoms with Crippen LogP contribution in [-0.4, -0.2) is 57.2 Å². The number of nitrogens with zero attached hydrogens (tertiary/aromatic N) is 1. The van der Waals surface area contributed by atoms with Crippen molar-refractivity contribution in [1.82, 2.24) is 0 Å². The van der Waals surface area contributed by atoms with Gasteiger partial charge in [0, 0.05) is 50.4 Å². The maximum absolute atomic E-state index is 13.2. The molecular weight excluding hydrogens is 466 g/mol. The predicted molar refractivity (Wildman–Crippen MR) is 141 cm³/mol. The van der Waals surface area contributed by atoms with Gasteiger partial charge in [-0.05, 0) is 60.6 Å². The van der Waals surface area contributed by atoms with Gasteiger partial charge >= 0.3 is 0 Å². The second-order valence-corrected chi connectivity index (χ2v) is 13.4. The number of allylic oxidation sites excluding steroid dienone is 1. The molecular formula is C31H43NO5. The zero-order chi connectivity index (χ0) is 25.7. The van der Waals surface area contributed by atoms with Gasteiger partial charge in [-0.15, -0.1) is 0 Å². The molecule has 2 saturated heterocycles. The Balaban J connectivity index is 1.36. The lowest BCUT2D eigenvalue weighted by Crippen LogP contribution is -2.64. The Bertz CT molecular complexity index is 1090. The van der Waals surface area contributed by atoms with Crippen LogP contribution in [0.5, 0.6) is 0 Å². The fourth-order valence-corrected chi connectivity index (χ4v) is 9.87. The van der Waals surface area contributed by atoms with Crippen molar-refractivity contribution < 1.29 is 24.1 Å². The Hall–Kier alpha value is -1.44. The Morgan fingerprint density at radius 3 is 2.24 bits per heavy atom. The molecule has 3 saturated carbocycles. The van der Waals surface area contributed by atoms with Crippen LogP contribution in [0.3, 0.4) is 0 Å². The number of benzene rings is 1. The molecule has 4 aliphatic carbocycles. The van der Waals surface area contributed by atoms with Crippen LogP contribution >= 0.6 is 0 Å². The maximum Gasteiger partial charge on any atom is 0.174 e. The number of rotatable bonds is 2. The van der Waals surface area contributed by atoms with Crippen LogP contribution in [0.1, 0.15) is 64.4 Å². The normalized spacial score (nSPS) is 43.4. The number of ether oxygens (including phenoxy) is 4. The van der Waals surface area contributed by atoms with Crippen molar-refractivity contribution in [3.63, 3.8) is 0 Å². The Labute approximate surface area is 221 Å². The summed E-state index contributed by atoms with van der Waals surface area (Å²) >= 11 is 0. The van der Waals surface area contributed by atoms with Crippen molar-refractivity contribution in [3.8, 4) is 0 Å². The fraction of sp³-hybridized carbons (Fsp3) is 0.742. The van der Waals surface area contributed by atoms with Gasteiger partial charge in [0.1, 0.15) is 0 Å². The third-order valence-electron chi connectivity index (χ3n) is 11.6. The molecule has 6 aliphatic rings. The number of aliphatic hydroxyl groups is 1. The summed E-state index contributed by atoms with van der Waals surface area (Å²) < 4.78 is 25.2. The van der Waals surface area contributed by atoms with Crippen LogP contribution in [0, 0.1) is 28.6 Å². The topological polar surface area (TPSA) is 60.4 Å². The first kappa shape index (κ1) is 24.6. The summed E-state index contributed by atoms with van der Waals surface area (Å²) in [7, 11) is 4.13. The van der Waals surface area contributed by atoms with E-state index in [9.17, 15) is 5.11 Å². The summed E-state index contributed by atoms with van der Waals surface area (Å²) in [6.07, 6.45) is 8.84. The second kappa shape index (κ2) is 8.04. The molecule has 0 unspecified atom stereocenters. The maximum atomic E-state index is 13.2. The number of fused-ring (bicyclic) bond motifs is 6. The third kappa shape index (κ3) is 3.23. The number of hydrogen-bond donors (Lipinski definition) is 1. The van der Waals surface area contributed by atoms with Gasteiger partial charge < -0.3 is 29.0 Å². The minimum atomic E-state index is -0.983. The molecule has 0 bridgehead atoms. The van der Waals surface area contributed by atoms with E-state index in [4.69, 9.17) is 18.9 Å². The van der Waals surface area contributed by atoms with Crippen molar-refractivity contribution in [2.75, 3.05) is 45.4 Å². The molecule has 6 heteroatoms. The highest BCUT2D eigenvalue weighted by molar-refractivity contribution is 5.48. The van der Waals surface area contributed by atoms with E-state index in [0.717, 1.165) is 49.8 Å². The van der Waals surface area contributed by atoms with Crippen LogP contribution in [-0.2, 0) is 24.5 Å². The van der Waals surface area contributed by atoms with Crippen LogP contribution < -0.4 is 4.90 Å². The SMILES string of the molecule is CN(C)c1ccc([C@]2(O)C[C@@]3(C)[C@@H](CCC34OCCO4)[C@@H]3CC=C4CC5(CC[C@]4(C)[C@H]32)OCCO5)cc1. The largest absolute Gasteiger partial charge is 0.385 e. The summed E-state index contributed by atoms with van der Waals surface area (Å²) in [5.74, 6) is -0.0825. The van der Waals surface area contributed by atoms with E-state index in [0.29, 0.717) is 44.7 Å². The quantitative estimate of drug-likeness (QED) is 0.567. The Kier molecular flexibility index (Phi) is 5.35. The highest BCUT2D eigenvalue weighted by Gasteiger charge is 2.72. The second-order valence-electron chi connectivity index (χ2n) is 13.4. The first-order valence-corrected chi connectivity index (χ1v) is 14.4. The minimum Gasteiger partial charge on any atom is -0.385 e. The Morgan fingerprint density at radius 1 is 0.892 bits per heavy atom. The summed E-state index contributed by atoms with van der Waals surface area (Å²) in [5.41, 5.74) is 2.28. The van der Waals surface area contributed by atoms with Gasteiger partial charge in [-0.25, -0.2) is 0 Å². The van der Waals surface area contributed by atoms with E-state index in [1.165, 1.54) is 5.57 Å². The van der Waals surface area contributed by atoms with E-state index < -0.39 is 17.2 Å². The molecule has 6 atom stereocenters. The van der Waals surface area contributed by atoms with E-state index in [-0.39, 0.29) is 16.7 Å². The molecule has 202 valence electrons. The van der Waals surface area contributed by atoms with E-state index in [1.54, 1.807) is 0 Å². The molecule has 7 rings (SSSR count). The smallest absolute Gasteiger partial charge is 0.174 e. The van der Waals surface area contributed by atoms with Crippen molar-refractivity contribution in [2.45, 2.75) is 76.0 Å². The summed E-state index contributed by atoms with van der Waals surface area (Å²) in [4.78, 5) is 2.12. The molecule has 1 aromatic rings. The van der Waals surface area contributed by atoms with Gasteiger partial charge in [-0.1, -0.05) is 37.6 Å². The summed E-state index contributed by atoms with van der Waals surface area (Å²) in [6.45, 7) is 7.43. The highest BCUT2D eigenvalue weighted by atomic mass is 16.7. The van der Waals surface area contributed by atoms with E-state index in [1.807, 2.05) is 0 Å². The van der Waals surface area contributed by atoms with Crippen molar-refractivity contribution in [2.24, 2.45) is 28.6 Å². The van der Waals surface area contributed by atoms with Crippen LogP contribution in [0.15, 0.2) is 35.9 Å². The van der Waals surface area contributed by atoms with E-state index >= 15 is 0 Å². The van der Waals surface area contributed by atoms with Crippen LogP contribution in [0.4, 0.5) is 5.69 Å². The zero-order valence-electron chi connectivity index (χ0n) is 22.9. The fourth-order valence-electron chi connectivity index (χ4n) is 9.87. The molecule has 0 radical (unpaired) electrons. The number of hydrogen-bond acceptors (Lipinski definition) is 6. The molecule has 1 aromatic carbocycles. The molecule has 2 aliphatic heterocycles. The minimum absolute atomic E-state index is 0.104. The molecule has 37 heavy (non-hydrogen) atoms. The lowest BCUT2D eigenvalue weighted by atomic mass is 9.42. The van der Waals surface area contributed by atoms with Gasteiger partial charge in [-0.3, -0.25) is 0 Å². The van der Waals surface area contributed by atoms with Crippen molar-refractivity contribution >= 4 is 5.69 Å². The van der Waals surface area contributed by atoms with E-state index in [2.05, 4.69) is 63.2 Å². The van der Waals surface area contributed by atoms with Crippen molar-refractivity contribution in [3.05, 3.63) is 41.5 Å². The Morgan fingerprint density at radius 2 is 1.57 bits per heavy atom. The lowest BCUT2D eigenvalue weighted by molar-refractivity contribution is -0.281. The van der Waals surface area contributed by atoms with Crippen molar-refractivity contribution in [1.29, 1.82) is 0 Å². The van der Waals surface area contributed by atoms with Gasteiger partial charge in [0.25, 0.3) is 0 Å². The van der Waals surface area contributed by atoms with Crippen LogP contribution in [0.25, 0.3) is 0 Å². The molecule has 0 amide bonds. The highest BCUT2D eigenvalue weighted by Crippen LogP contribution is 2.73. The molecule has 1 N–H and O–H groups in total. The van der Waals surface area contributed by atoms with Gasteiger partial charge in [0.05, 0.1) is 32.0 Å². The molecule has 5 fully saturated rings. The first-order valence-electron chi connectivity index (χ1n) is 14.4. The summed E-state index contributed by atoms with van der Waals surface area (Å²) in [5, 5.41) is 13.2. The first-order chi connectivity index (χ1) is 17.6. The third-order valence-corrected chi connectivity index (χ3v) is 11.6. The molecule has 2 heterocycles. The summed E-state index contributed by atoms with van der Waals surface area (Å²) in [6, 6.07) is 8.65. The standard InChI is InChI=1S/C31H43NO5/c1-27-13-14-29(34-15-16-35-29)19-22(27)7-10-24-25-11-12-31(36-17-18-37-31)28(25,2)20-30(33,26(24)27)21-5-8-23(9-6-21)32(3)4/h5-9,24-26,33H,10-20H2,1-4H3/t24-,25-,26-,27-,28-,30+/m0/s1. The van der Waals surface area contributed by atoms with Gasteiger partial charge in [0.2, 0.25) is 0 Å². The van der Waals surface area contributed by atoms with Crippen LogP contribution in [0.2, 0.25) is 0 Å². The molecule has 2 spiro atoms. The average Bonchev–Trinajstić information content (AvgIpc) is 3.61. The average molecular weight is 510 g/mol. The zero-order valence-corrected chi connectivity index (χ0v) is 22.9. The lowest BCUT2D eigenvalue weighted by Gasteiger charge is -2.65. The monoisotopic (exact) mass is 509 g/mol. The number of anilines is 1. The molecule has 6 nitrogen and oxygen atoms in total.